The lowest BCUT2D eigenvalue weighted by Gasteiger charge is -2.48. The Balaban J connectivity index is 2.21. The third kappa shape index (κ3) is 4.41. The van der Waals surface area contributed by atoms with Crippen molar-refractivity contribution < 1.29 is 33.6 Å². The second-order valence-corrected chi connectivity index (χ2v) is 8.72. The molecule has 2 unspecified atom stereocenters. The van der Waals surface area contributed by atoms with Gasteiger partial charge in [-0.1, -0.05) is 47.5 Å². The van der Waals surface area contributed by atoms with Gasteiger partial charge in [-0.3, -0.25) is 4.79 Å². The monoisotopic (exact) mass is 491 g/mol. The van der Waals surface area contributed by atoms with Crippen LogP contribution in [0.3, 0.4) is 0 Å². The molecule has 0 aliphatic carbocycles. The predicted molar refractivity (Wildman–Crippen MR) is 111 cm³/mol. The average Bonchev–Trinajstić information content (AvgIpc) is 3.13. The first kappa shape index (κ1) is 24.6. The number of hydrogen-bond acceptors (Lipinski definition) is 6. The third-order valence-electron chi connectivity index (χ3n) is 5.49. The number of fused-ring (bicyclic) bond motifs is 1. The van der Waals surface area contributed by atoms with E-state index >= 15 is 8.78 Å². The van der Waals surface area contributed by atoms with Crippen LogP contribution < -0.4 is 5.32 Å². The zero-order valence-electron chi connectivity index (χ0n) is 16.7. The fourth-order valence-corrected chi connectivity index (χ4v) is 4.06. The van der Waals surface area contributed by atoms with Gasteiger partial charge in [-0.25, -0.2) is 8.78 Å². The molecule has 0 saturated carbocycles. The van der Waals surface area contributed by atoms with Crippen molar-refractivity contribution in [3.8, 4) is 6.07 Å². The van der Waals surface area contributed by atoms with Gasteiger partial charge in [-0.05, 0) is 6.92 Å². The Morgan fingerprint density at radius 2 is 2.06 bits per heavy atom. The van der Waals surface area contributed by atoms with Gasteiger partial charge in [-0.2, -0.15) is 5.26 Å². The molecule has 7 atom stereocenters. The molecule has 2 aromatic rings. The van der Waals surface area contributed by atoms with Gasteiger partial charge in [0, 0.05) is 17.0 Å². The van der Waals surface area contributed by atoms with Gasteiger partial charge in [0.1, 0.15) is 30.1 Å². The number of aromatic nitrogens is 1. The summed E-state index contributed by atoms with van der Waals surface area (Å²) in [6.07, 6.45) is -6.49. The summed E-state index contributed by atoms with van der Waals surface area (Å²) >= 11 is 11.2. The average molecular weight is 492 g/mol. The number of carbonyl (C=O) groups is 1. The van der Waals surface area contributed by atoms with Crippen molar-refractivity contribution in [1.82, 2.24) is 9.88 Å². The van der Waals surface area contributed by atoms with Crippen LogP contribution in [-0.2, 0) is 9.53 Å². The summed E-state index contributed by atoms with van der Waals surface area (Å²) in [5.41, 5.74) is -0.0190. The van der Waals surface area contributed by atoms with Gasteiger partial charge in [0.2, 0.25) is 5.85 Å². The number of aliphatic hydroxyl groups excluding tert-OH is 3. The molecule has 3 rings (SSSR count). The van der Waals surface area contributed by atoms with Gasteiger partial charge in [0.25, 0.3) is 5.91 Å². The summed E-state index contributed by atoms with van der Waals surface area (Å²) in [5.74, 6) is -3.98. The molecule has 8 nitrogen and oxygen atoms in total. The number of nitrogens with one attached hydrogen (secondary N) is 1. The number of nitrogens with zero attached hydrogens (tertiary/aromatic N) is 2. The van der Waals surface area contributed by atoms with Crippen LogP contribution in [0.1, 0.15) is 18.7 Å². The molecular formula is C20H21Cl2F2N3O5. The van der Waals surface area contributed by atoms with Crippen LogP contribution in [-0.4, -0.2) is 73.6 Å². The molecule has 1 saturated heterocycles. The van der Waals surface area contributed by atoms with E-state index in [0.717, 1.165) is 11.5 Å². The van der Waals surface area contributed by atoms with Crippen LogP contribution in [0.4, 0.5) is 8.78 Å². The Bertz CT molecular complexity index is 1030. The number of alkyl halides is 4. The summed E-state index contributed by atoms with van der Waals surface area (Å²) in [6.45, 7) is -0.131. The Labute approximate surface area is 191 Å². The maximum atomic E-state index is 15.5. The zero-order valence-corrected chi connectivity index (χ0v) is 18.2. The lowest BCUT2D eigenvalue weighted by atomic mass is 9.86. The number of hydrogen-bond donors (Lipinski definition) is 4. The van der Waals surface area contributed by atoms with Crippen LogP contribution >= 0.6 is 23.2 Å². The topological polar surface area (TPSA) is 128 Å². The Morgan fingerprint density at radius 1 is 1.41 bits per heavy atom. The number of benzene rings is 1. The van der Waals surface area contributed by atoms with Crippen LogP contribution in [0.25, 0.3) is 10.8 Å². The molecule has 2 heterocycles. The molecule has 174 valence electrons. The van der Waals surface area contributed by atoms with Crippen molar-refractivity contribution >= 4 is 39.9 Å². The van der Waals surface area contributed by atoms with E-state index in [1.54, 1.807) is 24.3 Å². The number of aliphatic hydroxyl groups is 3. The summed E-state index contributed by atoms with van der Waals surface area (Å²) in [6, 6.07) is 5.45. The van der Waals surface area contributed by atoms with Crippen molar-refractivity contribution in [2.45, 2.75) is 54.2 Å². The minimum absolute atomic E-state index is 0.0190. The van der Waals surface area contributed by atoms with Gasteiger partial charge in [0.05, 0.1) is 18.7 Å². The van der Waals surface area contributed by atoms with Crippen molar-refractivity contribution in [3.63, 3.8) is 0 Å². The molecule has 12 heteroatoms. The highest BCUT2D eigenvalue weighted by Crippen LogP contribution is 2.42. The lowest BCUT2D eigenvalue weighted by Crippen LogP contribution is -2.67. The number of carbonyl (C=O) groups excluding carboxylic acids is 1. The van der Waals surface area contributed by atoms with Gasteiger partial charge < -0.3 is 29.9 Å². The number of halogens is 4. The minimum atomic E-state index is -2.99. The smallest absolute Gasteiger partial charge is 0.253 e. The van der Waals surface area contributed by atoms with Crippen molar-refractivity contribution in [2.75, 3.05) is 6.61 Å². The molecule has 1 aliphatic rings. The molecule has 1 aromatic heterocycles. The lowest BCUT2D eigenvalue weighted by molar-refractivity contribution is -0.278. The molecule has 1 aromatic carbocycles. The van der Waals surface area contributed by atoms with E-state index in [1.165, 1.54) is 6.20 Å². The second kappa shape index (κ2) is 9.47. The molecule has 1 fully saturated rings. The van der Waals surface area contributed by atoms with Crippen molar-refractivity contribution in [2.24, 2.45) is 0 Å². The standard InChI is InChI=1S/C20H21Cl2F2N3O5/c1-20(24)17(23)14(27-7-9-4-2-3-5-10(9)11(27)6-25)13(26-19(31)18(21)22)16(32-20)15(30)12(29)8-28/h2-5,7,12-18,28-30H,8H2,1H3,(H,26,31)/t12-,13-,14-,15-,16-,17?,20?/m1/s1. The molecule has 4 N–H and O–H groups in total. The summed E-state index contributed by atoms with van der Waals surface area (Å²) in [7, 11) is 0. The van der Waals surface area contributed by atoms with Gasteiger partial charge in [0.15, 0.2) is 11.0 Å². The normalized spacial score (nSPS) is 30.1. The first-order valence-corrected chi connectivity index (χ1v) is 10.5. The molecule has 32 heavy (non-hydrogen) atoms. The van der Waals surface area contributed by atoms with E-state index in [4.69, 9.17) is 27.9 Å². The summed E-state index contributed by atoms with van der Waals surface area (Å²) in [4.78, 5) is 10.7. The molecular weight excluding hydrogens is 471 g/mol. The van der Waals surface area contributed by atoms with Gasteiger partial charge in [-0.15, -0.1) is 0 Å². The molecule has 0 spiro atoms. The molecule has 0 bridgehead atoms. The fourth-order valence-electron chi connectivity index (χ4n) is 3.94. The van der Waals surface area contributed by atoms with E-state index < -0.39 is 59.8 Å². The van der Waals surface area contributed by atoms with Gasteiger partial charge >= 0.3 is 0 Å². The van der Waals surface area contributed by atoms with Crippen LogP contribution in [0, 0.1) is 11.3 Å². The van der Waals surface area contributed by atoms with Crippen molar-refractivity contribution in [3.05, 3.63) is 36.2 Å². The number of nitriles is 1. The van der Waals surface area contributed by atoms with Crippen molar-refractivity contribution in [1.29, 1.82) is 5.26 Å². The van der Waals surface area contributed by atoms with Crippen LogP contribution in [0.15, 0.2) is 30.5 Å². The van der Waals surface area contributed by atoms with E-state index in [-0.39, 0.29) is 5.69 Å². The number of ether oxygens (including phenoxy) is 1. The second-order valence-electron chi connectivity index (χ2n) is 7.62. The predicted octanol–water partition coefficient (Wildman–Crippen LogP) is 1.48. The SMILES string of the molecule is CC1(F)O[C@@H]([C@H](O)[C@H](O)CO)[C@H](NC(=O)C(Cl)Cl)[C@@H](n2cc3ccccc3c2C#N)C1F. The fraction of sp³-hybridized carbons (Fsp3) is 0.500. The third-order valence-corrected chi connectivity index (χ3v) is 5.88. The Morgan fingerprint density at radius 3 is 2.66 bits per heavy atom. The molecule has 1 amide bonds. The number of amides is 1. The Kier molecular flexibility index (Phi) is 7.29. The quantitative estimate of drug-likeness (QED) is 0.453. The first-order chi connectivity index (χ1) is 15.0. The largest absolute Gasteiger partial charge is 0.394 e. The van der Waals surface area contributed by atoms with E-state index in [9.17, 15) is 25.4 Å². The maximum absolute atomic E-state index is 15.5. The highest BCUT2D eigenvalue weighted by atomic mass is 35.5. The highest BCUT2D eigenvalue weighted by molar-refractivity contribution is 6.53. The summed E-state index contributed by atoms with van der Waals surface area (Å²) in [5, 5.41) is 42.7. The van der Waals surface area contributed by atoms with Crippen LogP contribution in [0.2, 0.25) is 0 Å². The molecule has 0 radical (unpaired) electrons. The van der Waals surface area contributed by atoms with E-state index in [1.807, 2.05) is 6.07 Å². The first-order valence-electron chi connectivity index (χ1n) is 9.59. The van der Waals surface area contributed by atoms with E-state index in [2.05, 4.69) is 5.32 Å². The minimum Gasteiger partial charge on any atom is -0.394 e. The highest BCUT2D eigenvalue weighted by Gasteiger charge is 2.57. The summed E-state index contributed by atoms with van der Waals surface area (Å²) < 4.78 is 37.0. The molecule has 1 aliphatic heterocycles. The van der Waals surface area contributed by atoms with E-state index in [0.29, 0.717) is 10.8 Å². The Hall–Kier alpha value is -2.00. The maximum Gasteiger partial charge on any atom is 0.253 e. The zero-order chi connectivity index (χ0) is 23.8. The van der Waals surface area contributed by atoms with Crippen LogP contribution in [0.5, 0.6) is 0 Å². The number of rotatable bonds is 6.